The van der Waals surface area contributed by atoms with Crippen LogP contribution in [0, 0.1) is 5.82 Å². The van der Waals surface area contributed by atoms with Gasteiger partial charge >= 0.3 is 5.97 Å². The standard InChI is InChI=1S/C11H14FNO4/c1-2-17-11(16)7(13)3-6-4-8(14)10(12)9(15)5-6/h4-5,7,14-15H,2-3,13H2,1H3/t7-/m0/s1. The van der Waals surface area contributed by atoms with E-state index in [9.17, 15) is 9.18 Å². The Labute approximate surface area is 97.6 Å². The van der Waals surface area contributed by atoms with E-state index in [1.54, 1.807) is 6.92 Å². The molecule has 0 aromatic heterocycles. The predicted molar refractivity (Wildman–Crippen MR) is 58.0 cm³/mol. The molecule has 4 N–H and O–H groups in total. The predicted octanol–water partition coefficient (Wildman–Crippen LogP) is 0.670. The number of nitrogens with two attached hydrogens (primary N) is 1. The van der Waals surface area contributed by atoms with Crippen LogP contribution in [0.1, 0.15) is 12.5 Å². The van der Waals surface area contributed by atoms with Crippen LogP contribution in [0.2, 0.25) is 0 Å². The number of benzene rings is 1. The largest absolute Gasteiger partial charge is 0.505 e. The van der Waals surface area contributed by atoms with Gasteiger partial charge in [-0.2, -0.15) is 4.39 Å². The molecule has 0 unspecified atom stereocenters. The average Bonchev–Trinajstić information content (AvgIpc) is 2.26. The number of phenolic OH excluding ortho intramolecular Hbond substituents is 2. The van der Waals surface area contributed by atoms with E-state index in [1.165, 1.54) is 0 Å². The zero-order chi connectivity index (χ0) is 13.0. The highest BCUT2D eigenvalue weighted by atomic mass is 19.1. The molecule has 0 heterocycles. The van der Waals surface area contributed by atoms with Crippen molar-refractivity contribution in [3.05, 3.63) is 23.5 Å². The van der Waals surface area contributed by atoms with Crippen molar-refractivity contribution in [2.45, 2.75) is 19.4 Å². The molecule has 0 aliphatic rings. The van der Waals surface area contributed by atoms with Gasteiger partial charge in [-0.1, -0.05) is 0 Å². The lowest BCUT2D eigenvalue weighted by atomic mass is 10.1. The Kier molecular flexibility index (Phi) is 4.28. The summed E-state index contributed by atoms with van der Waals surface area (Å²) in [4.78, 5) is 11.2. The number of aromatic hydroxyl groups is 2. The van der Waals surface area contributed by atoms with Gasteiger partial charge in [-0.05, 0) is 31.0 Å². The van der Waals surface area contributed by atoms with Crippen molar-refractivity contribution in [1.29, 1.82) is 0 Å². The maximum atomic E-state index is 12.9. The van der Waals surface area contributed by atoms with Gasteiger partial charge in [0.25, 0.3) is 0 Å². The second kappa shape index (κ2) is 5.49. The molecule has 1 rings (SSSR count). The Morgan fingerprint density at radius 3 is 2.47 bits per heavy atom. The molecule has 94 valence electrons. The van der Waals surface area contributed by atoms with E-state index in [-0.39, 0.29) is 13.0 Å². The first-order valence-corrected chi connectivity index (χ1v) is 5.08. The molecule has 17 heavy (non-hydrogen) atoms. The number of halogens is 1. The highest BCUT2D eigenvalue weighted by Gasteiger charge is 2.17. The Morgan fingerprint density at radius 2 is 2.00 bits per heavy atom. The maximum Gasteiger partial charge on any atom is 0.323 e. The van der Waals surface area contributed by atoms with Crippen molar-refractivity contribution in [1.82, 2.24) is 0 Å². The fourth-order valence-corrected chi connectivity index (χ4v) is 1.36. The van der Waals surface area contributed by atoms with Crippen LogP contribution in [-0.4, -0.2) is 28.8 Å². The molecular formula is C11H14FNO4. The topological polar surface area (TPSA) is 92.8 Å². The van der Waals surface area contributed by atoms with E-state index in [0.29, 0.717) is 5.56 Å². The highest BCUT2D eigenvalue weighted by Crippen LogP contribution is 2.27. The van der Waals surface area contributed by atoms with Crippen molar-refractivity contribution >= 4 is 5.97 Å². The molecule has 6 heteroatoms. The quantitative estimate of drug-likeness (QED) is 0.676. The first-order chi connectivity index (χ1) is 7.95. The monoisotopic (exact) mass is 243 g/mol. The van der Waals surface area contributed by atoms with Gasteiger partial charge in [-0.25, -0.2) is 0 Å². The van der Waals surface area contributed by atoms with Gasteiger partial charge in [-0.3, -0.25) is 4.79 Å². The van der Waals surface area contributed by atoms with E-state index in [0.717, 1.165) is 12.1 Å². The lowest BCUT2D eigenvalue weighted by Gasteiger charge is -2.11. The summed E-state index contributed by atoms with van der Waals surface area (Å²) in [6, 6.07) is 1.29. The number of ether oxygens (including phenoxy) is 1. The Hall–Kier alpha value is -1.82. The summed E-state index contributed by atoms with van der Waals surface area (Å²) in [5.41, 5.74) is 5.89. The SMILES string of the molecule is CCOC(=O)[C@@H](N)Cc1cc(O)c(F)c(O)c1. The van der Waals surface area contributed by atoms with Gasteiger partial charge < -0.3 is 20.7 Å². The van der Waals surface area contributed by atoms with Crippen molar-refractivity contribution in [3.8, 4) is 11.5 Å². The van der Waals surface area contributed by atoms with Crippen molar-refractivity contribution < 1.29 is 24.1 Å². The van der Waals surface area contributed by atoms with Gasteiger partial charge in [0.15, 0.2) is 11.5 Å². The lowest BCUT2D eigenvalue weighted by Crippen LogP contribution is -2.34. The number of esters is 1. The van der Waals surface area contributed by atoms with Crippen LogP contribution in [-0.2, 0) is 16.0 Å². The molecule has 1 atom stereocenters. The van der Waals surface area contributed by atoms with E-state index >= 15 is 0 Å². The minimum atomic E-state index is -1.10. The van der Waals surface area contributed by atoms with Gasteiger partial charge in [0, 0.05) is 0 Å². The highest BCUT2D eigenvalue weighted by molar-refractivity contribution is 5.75. The molecule has 0 aliphatic heterocycles. The number of carbonyl (C=O) groups excluding carboxylic acids is 1. The van der Waals surface area contributed by atoms with Crippen LogP contribution in [0.5, 0.6) is 11.5 Å². The first-order valence-electron chi connectivity index (χ1n) is 5.08. The number of carbonyl (C=O) groups is 1. The van der Waals surface area contributed by atoms with Crippen LogP contribution in [0.25, 0.3) is 0 Å². The summed E-state index contributed by atoms with van der Waals surface area (Å²) >= 11 is 0. The fourth-order valence-electron chi connectivity index (χ4n) is 1.36. The molecule has 0 spiro atoms. The minimum absolute atomic E-state index is 0.0419. The van der Waals surface area contributed by atoms with Crippen LogP contribution in [0.15, 0.2) is 12.1 Å². The molecule has 0 aliphatic carbocycles. The zero-order valence-corrected chi connectivity index (χ0v) is 9.31. The molecule has 1 aromatic carbocycles. The third-order valence-electron chi connectivity index (χ3n) is 2.14. The van der Waals surface area contributed by atoms with E-state index in [2.05, 4.69) is 0 Å². The summed E-state index contributed by atoms with van der Waals surface area (Å²) in [5.74, 6) is -3.05. The van der Waals surface area contributed by atoms with Crippen molar-refractivity contribution in [2.75, 3.05) is 6.61 Å². The van der Waals surface area contributed by atoms with Crippen molar-refractivity contribution in [3.63, 3.8) is 0 Å². The second-order valence-electron chi connectivity index (χ2n) is 3.51. The van der Waals surface area contributed by atoms with E-state index < -0.39 is 29.3 Å². The molecule has 0 saturated heterocycles. The number of hydrogen-bond acceptors (Lipinski definition) is 5. The molecule has 0 amide bonds. The van der Waals surface area contributed by atoms with Crippen molar-refractivity contribution in [2.24, 2.45) is 5.73 Å². The Morgan fingerprint density at radius 1 is 1.47 bits per heavy atom. The second-order valence-corrected chi connectivity index (χ2v) is 3.51. The number of rotatable bonds is 4. The molecule has 5 nitrogen and oxygen atoms in total. The molecule has 0 radical (unpaired) electrons. The average molecular weight is 243 g/mol. The van der Waals surface area contributed by atoms with Gasteiger partial charge in [-0.15, -0.1) is 0 Å². The van der Waals surface area contributed by atoms with Crippen LogP contribution in [0.4, 0.5) is 4.39 Å². The fraction of sp³-hybridized carbons (Fsp3) is 0.364. The maximum absolute atomic E-state index is 12.9. The number of phenols is 2. The van der Waals surface area contributed by atoms with E-state index in [4.69, 9.17) is 20.7 Å². The first kappa shape index (κ1) is 13.2. The summed E-state index contributed by atoms with van der Waals surface area (Å²) in [6.07, 6.45) is 0.0419. The third-order valence-corrected chi connectivity index (χ3v) is 2.14. The molecule has 0 fully saturated rings. The Bertz CT molecular complexity index is 399. The third kappa shape index (κ3) is 3.32. The summed E-state index contributed by atoms with van der Waals surface area (Å²) in [5, 5.41) is 18.3. The zero-order valence-electron chi connectivity index (χ0n) is 9.31. The summed E-state index contributed by atoms with van der Waals surface area (Å²) in [7, 11) is 0. The summed E-state index contributed by atoms with van der Waals surface area (Å²) in [6.45, 7) is 1.87. The minimum Gasteiger partial charge on any atom is -0.505 e. The molecule has 0 bridgehead atoms. The van der Waals surface area contributed by atoms with Gasteiger partial charge in [0.1, 0.15) is 6.04 Å². The van der Waals surface area contributed by atoms with Crippen LogP contribution in [0.3, 0.4) is 0 Å². The van der Waals surface area contributed by atoms with Crippen LogP contribution < -0.4 is 5.73 Å². The van der Waals surface area contributed by atoms with E-state index in [1.807, 2.05) is 0 Å². The van der Waals surface area contributed by atoms with Gasteiger partial charge in [0.05, 0.1) is 6.61 Å². The summed E-state index contributed by atoms with van der Waals surface area (Å²) < 4.78 is 17.6. The molecule has 1 aromatic rings. The van der Waals surface area contributed by atoms with Gasteiger partial charge in [0.2, 0.25) is 5.82 Å². The molecular weight excluding hydrogens is 229 g/mol. The van der Waals surface area contributed by atoms with Crippen LogP contribution >= 0.6 is 0 Å². The normalized spacial score (nSPS) is 12.2. The smallest absolute Gasteiger partial charge is 0.323 e. The number of hydrogen-bond donors (Lipinski definition) is 3. The molecule has 0 saturated carbocycles. The Balaban J connectivity index is 2.78. The lowest BCUT2D eigenvalue weighted by molar-refractivity contribution is -0.144.